The molecule has 0 saturated heterocycles. The van der Waals surface area contributed by atoms with Crippen LogP contribution in [0.25, 0.3) is 0 Å². The molecule has 0 fully saturated rings. The van der Waals surface area contributed by atoms with Gasteiger partial charge in [-0.05, 0) is 63.8 Å². The van der Waals surface area contributed by atoms with Gasteiger partial charge in [-0.15, -0.1) is 0 Å². The Bertz CT molecular complexity index is 1420. The van der Waals surface area contributed by atoms with Gasteiger partial charge >= 0.3 is 5.97 Å². The number of rotatable bonds is 8. The fourth-order valence-corrected chi connectivity index (χ4v) is 4.33. The van der Waals surface area contributed by atoms with E-state index in [1.807, 2.05) is 19.1 Å². The fourth-order valence-electron chi connectivity index (χ4n) is 3.79. The molecule has 38 heavy (non-hydrogen) atoms. The first-order valence-electron chi connectivity index (χ1n) is 11.7. The summed E-state index contributed by atoms with van der Waals surface area (Å²) in [6.07, 6.45) is 1.40. The third kappa shape index (κ3) is 5.82. The number of hydrazone groups is 1. The molecule has 4 aromatic rings. The number of esters is 1. The van der Waals surface area contributed by atoms with E-state index in [4.69, 9.17) is 9.47 Å². The number of carbonyl (C=O) groups is 2. The first-order chi connectivity index (χ1) is 18.3. The highest BCUT2D eigenvalue weighted by atomic mass is 79.9. The number of hydrogen-bond donors (Lipinski definition) is 2. The van der Waals surface area contributed by atoms with Crippen molar-refractivity contribution in [3.05, 3.63) is 129 Å². The summed E-state index contributed by atoms with van der Waals surface area (Å²) in [5.74, 6) is -0.751. The summed E-state index contributed by atoms with van der Waals surface area (Å²) in [5.41, 5.74) is 3.28. The van der Waals surface area contributed by atoms with E-state index in [0.717, 1.165) is 5.56 Å². The molecule has 0 radical (unpaired) electrons. The summed E-state index contributed by atoms with van der Waals surface area (Å²) in [4.78, 5) is 25.8. The quantitative estimate of drug-likeness (QED) is 0.128. The SMILES string of the molecule is COc1cc(/C=N\NC(=O)C(O)(c2ccccc2)c2ccccc2)cc(Br)c1OC(=O)c1ccc(C)cc1. The second kappa shape index (κ2) is 11.9. The fraction of sp³-hybridized carbons (Fsp3) is 0.100. The van der Waals surface area contributed by atoms with E-state index < -0.39 is 17.5 Å². The molecule has 0 saturated carbocycles. The van der Waals surface area contributed by atoms with E-state index in [9.17, 15) is 14.7 Å². The van der Waals surface area contributed by atoms with Crippen LogP contribution >= 0.6 is 15.9 Å². The maximum atomic E-state index is 13.2. The van der Waals surface area contributed by atoms with Crippen LogP contribution in [-0.2, 0) is 10.4 Å². The maximum Gasteiger partial charge on any atom is 0.343 e. The van der Waals surface area contributed by atoms with Gasteiger partial charge < -0.3 is 14.6 Å². The first-order valence-corrected chi connectivity index (χ1v) is 12.5. The van der Waals surface area contributed by atoms with Crippen LogP contribution < -0.4 is 14.9 Å². The normalized spacial score (nSPS) is 11.3. The summed E-state index contributed by atoms with van der Waals surface area (Å²) in [6, 6.07) is 27.6. The maximum absolute atomic E-state index is 13.2. The number of ether oxygens (including phenoxy) is 2. The largest absolute Gasteiger partial charge is 0.493 e. The first kappa shape index (κ1) is 26.8. The number of carbonyl (C=O) groups excluding carboxylic acids is 2. The number of nitrogens with zero attached hydrogens (tertiary/aromatic N) is 1. The van der Waals surface area contributed by atoms with Gasteiger partial charge in [-0.1, -0.05) is 78.4 Å². The Kier molecular flexibility index (Phi) is 8.35. The van der Waals surface area contributed by atoms with Gasteiger partial charge in [0, 0.05) is 0 Å². The smallest absolute Gasteiger partial charge is 0.343 e. The van der Waals surface area contributed by atoms with Crippen molar-refractivity contribution in [2.45, 2.75) is 12.5 Å². The Morgan fingerprint density at radius 1 is 0.921 bits per heavy atom. The van der Waals surface area contributed by atoms with Crippen LogP contribution in [0.15, 0.2) is 107 Å². The molecular weight excluding hydrogens is 548 g/mol. The molecule has 4 aromatic carbocycles. The summed E-state index contributed by atoms with van der Waals surface area (Å²) in [5, 5.41) is 15.6. The average Bonchev–Trinajstić information content (AvgIpc) is 2.95. The lowest BCUT2D eigenvalue weighted by atomic mass is 9.85. The Labute approximate surface area is 228 Å². The van der Waals surface area contributed by atoms with E-state index >= 15 is 0 Å². The molecule has 4 rings (SSSR count). The summed E-state index contributed by atoms with van der Waals surface area (Å²) in [6.45, 7) is 1.93. The predicted octanol–water partition coefficient (Wildman–Crippen LogP) is 5.37. The molecule has 7 nitrogen and oxygen atoms in total. The van der Waals surface area contributed by atoms with Crippen molar-refractivity contribution >= 4 is 34.0 Å². The lowest BCUT2D eigenvalue weighted by molar-refractivity contribution is -0.136. The number of amides is 1. The number of nitrogens with one attached hydrogen (secondary N) is 1. The number of halogens is 1. The Morgan fingerprint density at radius 3 is 2.05 bits per heavy atom. The van der Waals surface area contributed by atoms with Crippen LogP contribution in [0, 0.1) is 6.92 Å². The molecule has 0 heterocycles. The van der Waals surface area contributed by atoms with E-state index in [2.05, 4.69) is 26.5 Å². The molecule has 0 bridgehead atoms. The van der Waals surface area contributed by atoms with Gasteiger partial charge in [0.05, 0.1) is 23.4 Å². The van der Waals surface area contributed by atoms with Gasteiger partial charge in [0.1, 0.15) is 0 Å². The van der Waals surface area contributed by atoms with Crippen LogP contribution in [0.2, 0.25) is 0 Å². The molecule has 0 atom stereocenters. The van der Waals surface area contributed by atoms with Crippen molar-refractivity contribution in [2.24, 2.45) is 5.10 Å². The molecule has 0 spiro atoms. The number of aryl methyl sites for hydroxylation is 1. The molecule has 0 aliphatic heterocycles. The van der Waals surface area contributed by atoms with Gasteiger partial charge in [0.15, 0.2) is 17.1 Å². The molecule has 192 valence electrons. The standard InChI is InChI=1S/C30H25BrN2O5/c1-20-13-15-22(16-14-20)28(34)38-27-25(31)17-21(18-26(27)37-2)19-32-33-29(35)30(36,23-9-5-3-6-10-23)24-11-7-4-8-12-24/h3-19,36H,1-2H3,(H,33,35)/b32-19-. The number of hydrogen-bond acceptors (Lipinski definition) is 6. The van der Waals surface area contributed by atoms with E-state index in [1.54, 1.807) is 84.9 Å². The minimum Gasteiger partial charge on any atom is -0.493 e. The molecular formula is C30H25BrN2O5. The van der Waals surface area contributed by atoms with Gasteiger partial charge in [0.2, 0.25) is 0 Å². The van der Waals surface area contributed by atoms with Gasteiger partial charge in [-0.2, -0.15) is 5.10 Å². The minimum atomic E-state index is -1.95. The highest BCUT2D eigenvalue weighted by Crippen LogP contribution is 2.37. The van der Waals surface area contributed by atoms with Crippen LogP contribution in [0.1, 0.15) is 32.6 Å². The van der Waals surface area contributed by atoms with Gasteiger partial charge in [0.25, 0.3) is 5.91 Å². The third-order valence-electron chi connectivity index (χ3n) is 5.83. The second-order valence-corrected chi connectivity index (χ2v) is 9.29. The van der Waals surface area contributed by atoms with Crippen molar-refractivity contribution in [2.75, 3.05) is 7.11 Å². The molecule has 0 aliphatic rings. The molecule has 0 aliphatic carbocycles. The topological polar surface area (TPSA) is 97.2 Å². The third-order valence-corrected chi connectivity index (χ3v) is 6.41. The zero-order chi connectivity index (χ0) is 27.1. The summed E-state index contributed by atoms with van der Waals surface area (Å²) >= 11 is 3.42. The molecule has 2 N–H and O–H groups in total. The Hall–Kier alpha value is -4.27. The van der Waals surface area contributed by atoms with Crippen molar-refractivity contribution in [1.29, 1.82) is 0 Å². The van der Waals surface area contributed by atoms with Gasteiger partial charge in [-0.3, -0.25) is 4.79 Å². The number of benzene rings is 4. The number of aliphatic hydroxyl groups is 1. The molecule has 0 unspecified atom stereocenters. The Balaban J connectivity index is 1.54. The Morgan fingerprint density at radius 2 is 1.50 bits per heavy atom. The van der Waals surface area contributed by atoms with E-state index in [-0.39, 0.29) is 11.5 Å². The van der Waals surface area contributed by atoms with Crippen LogP contribution in [0.5, 0.6) is 11.5 Å². The van der Waals surface area contributed by atoms with E-state index in [0.29, 0.717) is 26.7 Å². The lowest BCUT2D eigenvalue weighted by Gasteiger charge is -2.27. The van der Waals surface area contributed by atoms with Crippen molar-refractivity contribution in [3.63, 3.8) is 0 Å². The highest BCUT2D eigenvalue weighted by Gasteiger charge is 2.39. The van der Waals surface area contributed by atoms with Crippen LogP contribution in [-0.4, -0.2) is 30.3 Å². The van der Waals surface area contributed by atoms with Crippen molar-refractivity contribution in [3.8, 4) is 11.5 Å². The molecule has 1 amide bonds. The second-order valence-electron chi connectivity index (χ2n) is 8.43. The average molecular weight is 573 g/mol. The predicted molar refractivity (Wildman–Crippen MR) is 148 cm³/mol. The minimum absolute atomic E-state index is 0.210. The van der Waals surface area contributed by atoms with Gasteiger partial charge in [-0.25, -0.2) is 10.2 Å². The molecule has 8 heteroatoms. The highest BCUT2D eigenvalue weighted by molar-refractivity contribution is 9.10. The monoisotopic (exact) mass is 572 g/mol. The van der Waals surface area contributed by atoms with Crippen molar-refractivity contribution in [1.82, 2.24) is 5.43 Å². The van der Waals surface area contributed by atoms with Crippen LogP contribution in [0.4, 0.5) is 0 Å². The summed E-state index contributed by atoms with van der Waals surface area (Å²) in [7, 11) is 1.45. The van der Waals surface area contributed by atoms with Crippen LogP contribution in [0.3, 0.4) is 0 Å². The van der Waals surface area contributed by atoms with E-state index in [1.165, 1.54) is 13.3 Å². The summed E-state index contributed by atoms with van der Waals surface area (Å²) < 4.78 is 11.5. The molecule has 0 aromatic heterocycles. The lowest BCUT2D eigenvalue weighted by Crippen LogP contribution is -2.43. The zero-order valence-electron chi connectivity index (χ0n) is 20.7. The van der Waals surface area contributed by atoms with Crippen molar-refractivity contribution < 1.29 is 24.2 Å². The zero-order valence-corrected chi connectivity index (χ0v) is 22.3. The number of methoxy groups -OCH3 is 1.